The molecular formula is C39H48N2O5Si. The minimum Gasteiger partial charge on any atom is -0.444 e. The average molecular weight is 653 g/mol. The number of hydrogen-bond donors (Lipinski definition) is 1. The molecule has 0 aliphatic carbocycles. The molecule has 8 heteroatoms. The van der Waals surface area contributed by atoms with Crippen LogP contribution in [-0.2, 0) is 27.1 Å². The molecule has 0 aromatic heterocycles. The van der Waals surface area contributed by atoms with Gasteiger partial charge in [-0.05, 0) is 58.9 Å². The molecule has 1 N–H and O–H groups in total. The molecule has 47 heavy (non-hydrogen) atoms. The molecule has 4 aromatic carbocycles. The van der Waals surface area contributed by atoms with Crippen molar-refractivity contribution in [2.75, 3.05) is 26.2 Å². The summed E-state index contributed by atoms with van der Waals surface area (Å²) in [6.45, 7) is 9.34. The molecule has 0 radical (unpaired) electrons. The van der Waals surface area contributed by atoms with Crippen molar-refractivity contribution in [1.29, 1.82) is 0 Å². The average Bonchev–Trinajstić information content (AvgIpc) is 3.10. The van der Waals surface area contributed by atoms with E-state index < -0.39 is 20.5 Å². The van der Waals surface area contributed by atoms with E-state index in [1.165, 1.54) is 10.4 Å². The van der Waals surface area contributed by atoms with E-state index in [2.05, 4.69) is 86.8 Å². The summed E-state index contributed by atoms with van der Waals surface area (Å²) in [5, 5.41) is 5.97. The fourth-order valence-electron chi connectivity index (χ4n) is 5.68. The summed E-state index contributed by atoms with van der Waals surface area (Å²) < 4.78 is 17.9. The van der Waals surface area contributed by atoms with E-state index in [0.717, 1.165) is 35.4 Å². The van der Waals surface area contributed by atoms with Crippen LogP contribution in [0.15, 0.2) is 121 Å². The van der Waals surface area contributed by atoms with Gasteiger partial charge in [0, 0.05) is 13.2 Å². The Labute approximate surface area is 281 Å². The van der Waals surface area contributed by atoms with Crippen molar-refractivity contribution in [2.45, 2.75) is 58.3 Å². The van der Waals surface area contributed by atoms with Crippen molar-refractivity contribution in [1.82, 2.24) is 10.2 Å². The predicted molar refractivity (Wildman–Crippen MR) is 190 cm³/mol. The van der Waals surface area contributed by atoms with Crippen molar-refractivity contribution in [3.63, 3.8) is 0 Å². The first-order chi connectivity index (χ1) is 22.8. The summed E-state index contributed by atoms with van der Waals surface area (Å²) in [4.78, 5) is 26.9. The van der Waals surface area contributed by atoms with Gasteiger partial charge in [-0.2, -0.15) is 0 Å². The van der Waals surface area contributed by atoms with Crippen LogP contribution in [0.5, 0.6) is 0 Å². The lowest BCUT2D eigenvalue weighted by molar-refractivity contribution is 0.0695. The summed E-state index contributed by atoms with van der Waals surface area (Å²) in [6, 6.07) is 40.2. The van der Waals surface area contributed by atoms with Gasteiger partial charge in [0.25, 0.3) is 8.32 Å². The van der Waals surface area contributed by atoms with Crippen LogP contribution < -0.4 is 15.7 Å². The Morgan fingerprint density at radius 1 is 0.617 bits per heavy atom. The van der Waals surface area contributed by atoms with Crippen LogP contribution in [0.3, 0.4) is 0 Å². The standard InChI is InChI=1S/C39H48N2O5Si/c1-39(2,3)47(35-23-12-6-13-24-35,36-25-14-7-15-26-36)46-30-17-16-27-40-28-18-29-41(37(42)44-31-33-19-8-4-9-20-33)38(43)45-32-34-21-10-5-11-22-34/h4-15,19-26,40H,16-18,27-32H2,1-3H3. The molecule has 0 unspecified atom stereocenters. The number of hydrogen-bond acceptors (Lipinski definition) is 6. The van der Waals surface area contributed by atoms with Crippen LogP contribution in [0.2, 0.25) is 5.04 Å². The van der Waals surface area contributed by atoms with Crippen LogP contribution in [0.25, 0.3) is 0 Å². The lowest BCUT2D eigenvalue weighted by Gasteiger charge is -2.43. The smallest absolute Gasteiger partial charge is 0.419 e. The molecule has 0 saturated carbocycles. The van der Waals surface area contributed by atoms with Gasteiger partial charge >= 0.3 is 12.2 Å². The second-order valence-electron chi connectivity index (χ2n) is 12.6. The number of nitrogens with one attached hydrogen (secondary N) is 1. The number of carbonyl (C=O) groups excluding carboxylic acids is 2. The van der Waals surface area contributed by atoms with Crippen molar-refractivity contribution in [3.05, 3.63) is 132 Å². The van der Waals surface area contributed by atoms with Crippen molar-refractivity contribution in [3.8, 4) is 0 Å². The van der Waals surface area contributed by atoms with Gasteiger partial charge in [-0.25, -0.2) is 14.5 Å². The van der Waals surface area contributed by atoms with Crippen LogP contribution in [0.1, 0.15) is 51.2 Å². The molecular weight excluding hydrogens is 605 g/mol. The van der Waals surface area contributed by atoms with Crippen LogP contribution in [0.4, 0.5) is 9.59 Å². The first-order valence-electron chi connectivity index (χ1n) is 16.5. The van der Waals surface area contributed by atoms with E-state index in [1.54, 1.807) is 0 Å². The number of amides is 2. The molecule has 4 rings (SSSR count). The van der Waals surface area contributed by atoms with Crippen LogP contribution in [0, 0.1) is 0 Å². The zero-order valence-electron chi connectivity index (χ0n) is 27.9. The third-order valence-electron chi connectivity index (χ3n) is 8.07. The Hall–Kier alpha value is -4.24. The van der Waals surface area contributed by atoms with Crippen molar-refractivity contribution >= 4 is 30.9 Å². The molecule has 0 atom stereocenters. The highest BCUT2D eigenvalue weighted by Crippen LogP contribution is 2.36. The molecule has 0 saturated heterocycles. The zero-order valence-corrected chi connectivity index (χ0v) is 28.9. The van der Waals surface area contributed by atoms with E-state index in [-0.39, 0.29) is 24.8 Å². The van der Waals surface area contributed by atoms with E-state index in [9.17, 15) is 9.59 Å². The van der Waals surface area contributed by atoms with E-state index >= 15 is 0 Å². The van der Waals surface area contributed by atoms with Gasteiger partial charge in [-0.15, -0.1) is 0 Å². The maximum atomic E-state index is 12.9. The number of unbranched alkanes of at least 4 members (excludes halogenated alkanes) is 1. The molecule has 0 aliphatic heterocycles. The van der Waals surface area contributed by atoms with Gasteiger partial charge in [0.2, 0.25) is 0 Å². The molecule has 2 amide bonds. The van der Waals surface area contributed by atoms with Gasteiger partial charge in [0.15, 0.2) is 0 Å². The maximum Gasteiger partial charge on any atom is 0.419 e. The number of imide groups is 1. The molecule has 248 valence electrons. The Morgan fingerprint density at radius 3 is 1.49 bits per heavy atom. The fraction of sp³-hybridized carbons (Fsp3) is 0.333. The SMILES string of the molecule is CC(C)(C)[Si](OCCCCNCCCN(C(=O)OCc1ccccc1)C(=O)OCc1ccccc1)(c1ccccc1)c1ccccc1. The van der Waals surface area contributed by atoms with E-state index in [4.69, 9.17) is 13.9 Å². The highest BCUT2D eigenvalue weighted by atomic mass is 28.4. The van der Waals surface area contributed by atoms with Gasteiger partial charge in [0.1, 0.15) is 13.2 Å². The predicted octanol–water partition coefficient (Wildman–Crippen LogP) is 7.30. The molecule has 0 aliphatic rings. The van der Waals surface area contributed by atoms with Crippen LogP contribution >= 0.6 is 0 Å². The molecule has 0 spiro atoms. The lowest BCUT2D eigenvalue weighted by Crippen LogP contribution is -2.66. The first kappa shape index (κ1) is 35.6. The minimum atomic E-state index is -2.54. The second kappa shape index (κ2) is 18.2. The number of benzene rings is 4. The normalized spacial score (nSPS) is 11.6. The Bertz CT molecular complexity index is 1390. The number of nitrogens with zero attached hydrogens (tertiary/aromatic N) is 1. The number of ether oxygens (including phenoxy) is 2. The number of rotatable bonds is 16. The molecule has 4 aromatic rings. The Balaban J connectivity index is 1.25. The highest BCUT2D eigenvalue weighted by Gasteiger charge is 2.49. The van der Waals surface area contributed by atoms with E-state index in [0.29, 0.717) is 19.6 Å². The van der Waals surface area contributed by atoms with Crippen LogP contribution in [-0.4, -0.2) is 51.6 Å². The monoisotopic (exact) mass is 652 g/mol. The number of carbonyl (C=O) groups is 2. The molecule has 0 fully saturated rings. The highest BCUT2D eigenvalue weighted by molar-refractivity contribution is 6.99. The molecule has 0 heterocycles. The second-order valence-corrected chi connectivity index (χ2v) is 16.9. The van der Waals surface area contributed by atoms with Crippen molar-refractivity contribution < 1.29 is 23.5 Å². The Morgan fingerprint density at radius 2 is 1.04 bits per heavy atom. The summed E-state index contributed by atoms with van der Waals surface area (Å²) in [5.41, 5.74) is 1.69. The topological polar surface area (TPSA) is 77.1 Å². The summed E-state index contributed by atoms with van der Waals surface area (Å²) in [6.07, 6.45) is 1.00. The fourth-order valence-corrected chi connectivity index (χ4v) is 10.3. The van der Waals surface area contributed by atoms with E-state index in [1.807, 2.05) is 60.7 Å². The summed E-state index contributed by atoms with van der Waals surface area (Å²) >= 11 is 0. The van der Waals surface area contributed by atoms with Gasteiger partial charge in [0.05, 0.1) is 0 Å². The van der Waals surface area contributed by atoms with Gasteiger partial charge < -0.3 is 19.2 Å². The zero-order chi connectivity index (χ0) is 33.4. The minimum absolute atomic E-state index is 0.0513. The van der Waals surface area contributed by atoms with Gasteiger partial charge in [-0.3, -0.25) is 0 Å². The third-order valence-corrected chi connectivity index (χ3v) is 13.1. The Kier molecular flexibility index (Phi) is 13.8. The lowest BCUT2D eigenvalue weighted by atomic mass is 10.2. The molecule has 0 bridgehead atoms. The van der Waals surface area contributed by atoms with Gasteiger partial charge in [-0.1, -0.05) is 142 Å². The molecule has 7 nitrogen and oxygen atoms in total. The summed E-state index contributed by atoms with van der Waals surface area (Å²) in [7, 11) is -2.54. The maximum absolute atomic E-state index is 12.9. The van der Waals surface area contributed by atoms with Crippen molar-refractivity contribution in [2.24, 2.45) is 0 Å². The largest absolute Gasteiger partial charge is 0.444 e. The first-order valence-corrected chi connectivity index (χ1v) is 18.4. The third kappa shape index (κ3) is 10.4. The quantitative estimate of drug-likeness (QED) is 0.101. The summed E-state index contributed by atoms with van der Waals surface area (Å²) in [5.74, 6) is 0.